The lowest BCUT2D eigenvalue weighted by Gasteiger charge is -2.56. The van der Waals surface area contributed by atoms with E-state index in [1.165, 1.54) is 11.1 Å². The molecule has 2 saturated heterocycles. The third-order valence-electron chi connectivity index (χ3n) is 23.8. The third-order valence-corrected chi connectivity index (χ3v) is 23.8. The Morgan fingerprint density at radius 1 is 0.309 bits per heavy atom. The number of guanidine groups is 2. The van der Waals surface area contributed by atoms with E-state index < -0.39 is 22.2 Å². The summed E-state index contributed by atoms with van der Waals surface area (Å²) in [4.78, 5) is 37.3. The summed E-state index contributed by atoms with van der Waals surface area (Å²) in [6.45, 7) is 52.3. The molecule has 0 saturated carbocycles. The lowest BCUT2D eigenvalue weighted by molar-refractivity contribution is 0.000411. The van der Waals surface area contributed by atoms with E-state index in [0.29, 0.717) is 0 Å². The van der Waals surface area contributed by atoms with Crippen LogP contribution in [0.15, 0.2) is 131 Å². The zero-order valence-corrected chi connectivity index (χ0v) is 52.6. The van der Waals surface area contributed by atoms with Gasteiger partial charge in [-0.25, -0.2) is 20.0 Å². The van der Waals surface area contributed by atoms with Gasteiger partial charge in [0.2, 0.25) is 23.8 Å². The van der Waals surface area contributed by atoms with Crippen molar-refractivity contribution in [2.75, 3.05) is 19.6 Å². The standard InChI is InChI=1S/C69H88N12/c1-58(2)60(5,6)80-56(72-58)76(64(13,14)65(80,15)16)46-35-31-44(32-36-46)45-33-37-47(38-34-45)77-57-73-59(3,4)61(7,8)81(57)69(22,67(77,19)20)43-68(21)66(17,18)75(55-71-51-28-24-26-30-53(51)79(55)68)49-41-39-48(40-42-49)74-54-70-50-27-23-25-29-52(50)78(54)63(11,12)62(74,9)10/h23-42H,43H2,1-22H3. The molecule has 2 unspecified atom stereocenters. The van der Waals surface area contributed by atoms with Crippen LogP contribution in [0.3, 0.4) is 0 Å². The molecule has 0 N–H and O–H groups in total. The molecule has 12 nitrogen and oxygen atoms in total. The van der Waals surface area contributed by atoms with E-state index in [1.54, 1.807) is 0 Å². The first-order chi connectivity index (χ1) is 37.4. The quantitative estimate of drug-likeness (QED) is 0.156. The van der Waals surface area contributed by atoms with Crippen LogP contribution in [0.1, 0.15) is 159 Å². The molecule has 12 heteroatoms. The highest BCUT2D eigenvalue weighted by molar-refractivity contribution is 6.05. The minimum atomic E-state index is -0.482. The van der Waals surface area contributed by atoms with Crippen LogP contribution in [0.25, 0.3) is 33.2 Å². The molecule has 2 aromatic heterocycles. The molecular formula is C69H88N12. The van der Waals surface area contributed by atoms with E-state index in [-0.39, 0.29) is 44.3 Å². The van der Waals surface area contributed by atoms with Crippen molar-refractivity contribution in [2.45, 2.75) is 225 Å². The van der Waals surface area contributed by atoms with Gasteiger partial charge in [-0.05, 0) is 243 Å². The maximum Gasteiger partial charge on any atom is 0.212 e. The van der Waals surface area contributed by atoms with Crippen molar-refractivity contribution < 1.29 is 0 Å². The Bertz CT molecular complexity index is 3820. The summed E-state index contributed by atoms with van der Waals surface area (Å²) in [7, 11) is 0. The van der Waals surface area contributed by atoms with E-state index in [4.69, 9.17) is 20.0 Å². The number of hydrogen-bond acceptors (Lipinski definition) is 10. The molecule has 424 valence electrons. The summed E-state index contributed by atoms with van der Waals surface area (Å²) in [5.74, 6) is 4.04. The largest absolute Gasteiger partial charge is 0.327 e. The second kappa shape index (κ2) is 15.6. The number of benzene rings is 5. The van der Waals surface area contributed by atoms with Crippen LogP contribution >= 0.6 is 0 Å². The molecule has 0 bridgehead atoms. The van der Waals surface area contributed by atoms with Gasteiger partial charge < -0.3 is 38.5 Å². The number of fused-ring (bicyclic) bond motifs is 8. The van der Waals surface area contributed by atoms with E-state index in [0.717, 1.165) is 75.1 Å². The zero-order valence-electron chi connectivity index (χ0n) is 52.6. The smallest absolute Gasteiger partial charge is 0.212 e. The van der Waals surface area contributed by atoms with Crippen molar-refractivity contribution >= 4 is 68.6 Å². The first-order valence-corrected chi connectivity index (χ1v) is 29.7. The Hall–Kier alpha value is -6.82. The van der Waals surface area contributed by atoms with E-state index in [9.17, 15) is 0 Å². The zero-order chi connectivity index (χ0) is 58.4. The summed E-state index contributed by atoms with van der Waals surface area (Å²) in [6.07, 6.45) is 0.804. The van der Waals surface area contributed by atoms with Crippen LogP contribution < -0.4 is 19.6 Å². The molecule has 0 spiro atoms. The minimum Gasteiger partial charge on any atom is -0.327 e. The average Bonchev–Trinajstić information content (AvgIpc) is 4.37. The van der Waals surface area contributed by atoms with E-state index >= 15 is 0 Å². The van der Waals surface area contributed by atoms with E-state index in [1.807, 2.05) is 0 Å². The molecule has 2 atom stereocenters. The SMILES string of the molecule is CC1(C)N=C2N(c3ccc(-c4ccc(N5C6=NC(C)(C)C(C)(C)N6C(C)(CC6(C)n7c(nc8ccccc87)N(c7ccc(N8c9nc%10ccccc%10n9C(C)(C)C8(C)C)cc7)C6(C)C)C5(C)C)cc4)cc3)C(C)(C)C(C)(C)N2C1(C)C. The number of aliphatic imine (C=N–C) groups is 2. The Morgan fingerprint density at radius 3 is 1.14 bits per heavy atom. The second-order valence-corrected chi connectivity index (χ2v) is 30.2. The first-order valence-electron chi connectivity index (χ1n) is 29.7. The van der Waals surface area contributed by atoms with Crippen LogP contribution in [-0.2, 0) is 11.1 Å². The fourth-order valence-corrected chi connectivity index (χ4v) is 15.9. The lowest BCUT2D eigenvalue weighted by Crippen LogP contribution is -2.68. The topological polar surface area (TPSA) is 79.8 Å². The van der Waals surface area contributed by atoms with Gasteiger partial charge in [0.25, 0.3) is 0 Å². The summed E-state index contributed by atoms with van der Waals surface area (Å²) in [5, 5.41) is 0. The molecule has 6 aliphatic rings. The molecule has 2 fully saturated rings. The maximum absolute atomic E-state index is 5.75. The maximum atomic E-state index is 5.75. The molecule has 13 rings (SSSR count). The van der Waals surface area contributed by atoms with Crippen molar-refractivity contribution in [1.82, 2.24) is 28.9 Å². The summed E-state index contributed by atoms with van der Waals surface area (Å²) in [6, 6.07) is 44.9. The monoisotopic (exact) mass is 1080 g/mol. The van der Waals surface area contributed by atoms with Crippen LogP contribution in [-0.4, -0.2) is 96.2 Å². The predicted octanol–water partition coefficient (Wildman–Crippen LogP) is 15.6. The molecule has 0 aliphatic carbocycles. The Morgan fingerprint density at radius 2 is 0.654 bits per heavy atom. The predicted molar refractivity (Wildman–Crippen MR) is 338 cm³/mol. The highest BCUT2D eigenvalue weighted by Crippen LogP contribution is 2.62. The number of imidazole rings is 2. The summed E-state index contributed by atoms with van der Waals surface area (Å²) in [5.41, 5.74) is 7.49. The number of para-hydroxylation sites is 4. The van der Waals surface area contributed by atoms with Crippen molar-refractivity contribution in [3.8, 4) is 11.1 Å². The van der Waals surface area contributed by atoms with Gasteiger partial charge in [-0.2, -0.15) is 0 Å². The van der Waals surface area contributed by atoms with Crippen molar-refractivity contribution in [3.05, 3.63) is 121 Å². The highest BCUT2D eigenvalue weighted by atomic mass is 15.6. The molecule has 81 heavy (non-hydrogen) atoms. The van der Waals surface area contributed by atoms with Crippen LogP contribution in [0, 0.1) is 0 Å². The Balaban J connectivity index is 0.856. The van der Waals surface area contributed by atoms with Gasteiger partial charge in [-0.15, -0.1) is 0 Å². The Labute approximate surface area is 482 Å². The van der Waals surface area contributed by atoms with Gasteiger partial charge >= 0.3 is 0 Å². The molecule has 8 heterocycles. The van der Waals surface area contributed by atoms with Crippen LogP contribution in [0.4, 0.5) is 34.6 Å². The van der Waals surface area contributed by atoms with Gasteiger partial charge in [-0.3, -0.25) is 0 Å². The number of anilines is 6. The van der Waals surface area contributed by atoms with Gasteiger partial charge in [0.05, 0.1) is 88.5 Å². The molecule has 0 radical (unpaired) electrons. The number of nitrogens with zero attached hydrogens (tertiary/aromatic N) is 12. The van der Waals surface area contributed by atoms with Gasteiger partial charge in [-0.1, -0.05) is 48.5 Å². The number of aromatic nitrogens is 4. The average molecular weight is 1090 g/mol. The van der Waals surface area contributed by atoms with E-state index in [2.05, 4.69) is 312 Å². The minimum absolute atomic E-state index is 0.139. The van der Waals surface area contributed by atoms with Crippen molar-refractivity contribution in [3.63, 3.8) is 0 Å². The Kier molecular flexibility index (Phi) is 10.3. The van der Waals surface area contributed by atoms with Crippen molar-refractivity contribution in [2.24, 2.45) is 9.98 Å². The molecule has 5 aromatic carbocycles. The highest BCUT2D eigenvalue weighted by Gasteiger charge is 2.72. The summed E-state index contributed by atoms with van der Waals surface area (Å²) >= 11 is 0. The molecule has 0 amide bonds. The number of rotatable bonds is 7. The fourth-order valence-electron chi connectivity index (χ4n) is 15.9. The van der Waals surface area contributed by atoms with Gasteiger partial charge in [0, 0.05) is 22.7 Å². The molecule has 6 aliphatic heterocycles. The summed E-state index contributed by atoms with van der Waals surface area (Å²) < 4.78 is 5.02. The molecule has 7 aromatic rings. The normalized spacial score (nSPS) is 26.8. The van der Waals surface area contributed by atoms with Gasteiger partial charge in [0.1, 0.15) is 0 Å². The fraction of sp³-hybridized carbons (Fsp3) is 0.507. The number of hydrogen-bond donors (Lipinski definition) is 0. The third kappa shape index (κ3) is 6.27. The van der Waals surface area contributed by atoms with Crippen molar-refractivity contribution in [1.29, 1.82) is 0 Å². The molecular weight excluding hydrogens is 997 g/mol. The lowest BCUT2D eigenvalue weighted by atomic mass is 9.65. The van der Waals surface area contributed by atoms with Gasteiger partial charge in [0.15, 0.2) is 0 Å². The second-order valence-electron chi connectivity index (χ2n) is 30.2. The van der Waals surface area contributed by atoms with Crippen LogP contribution in [0.5, 0.6) is 0 Å². The first kappa shape index (κ1) is 53.5. The van der Waals surface area contributed by atoms with Crippen LogP contribution in [0.2, 0.25) is 0 Å².